The molecule has 0 bridgehead atoms. The third-order valence-electron chi connectivity index (χ3n) is 8.03. The summed E-state index contributed by atoms with van der Waals surface area (Å²) < 4.78 is 5.85. The maximum Gasteiger partial charge on any atom is 0.120 e. The van der Waals surface area contributed by atoms with Gasteiger partial charge in [0.15, 0.2) is 0 Å². The van der Waals surface area contributed by atoms with E-state index >= 15 is 0 Å². The lowest BCUT2D eigenvalue weighted by atomic mass is 9.61. The van der Waals surface area contributed by atoms with Crippen LogP contribution in [-0.4, -0.2) is 6.61 Å². The Hall–Kier alpha value is -1.24. The smallest absolute Gasteiger partial charge is 0.120 e. The summed E-state index contributed by atoms with van der Waals surface area (Å²) in [5.41, 5.74) is 3.14. The maximum atomic E-state index is 5.85. The minimum Gasteiger partial charge on any atom is -0.490 e. The molecule has 5 unspecified atom stereocenters. The first kappa shape index (κ1) is 19.1. The molecule has 2 saturated carbocycles. The van der Waals surface area contributed by atoms with Crippen molar-refractivity contribution in [2.75, 3.05) is 6.61 Å². The first-order chi connectivity index (χ1) is 13.3. The van der Waals surface area contributed by atoms with E-state index in [0.29, 0.717) is 6.61 Å². The van der Waals surface area contributed by atoms with Crippen LogP contribution in [0.25, 0.3) is 0 Å². The second kappa shape index (κ2) is 8.84. The molecule has 3 aliphatic rings. The SMILES string of the molecule is C/C=C/COc1ccc2c(c1)CCC(C1CCC3CC(CC)CCC3C1)C2. The Morgan fingerprint density at radius 3 is 2.52 bits per heavy atom. The van der Waals surface area contributed by atoms with Gasteiger partial charge in [0.25, 0.3) is 0 Å². The average Bonchev–Trinajstić information content (AvgIpc) is 2.72. The summed E-state index contributed by atoms with van der Waals surface area (Å²) in [5, 5.41) is 0. The molecule has 0 aliphatic heterocycles. The third kappa shape index (κ3) is 4.44. The molecular weight excluding hydrogens is 328 g/mol. The van der Waals surface area contributed by atoms with E-state index in [4.69, 9.17) is 4.74 Å². The Bertz CT molecular complexity index is 646. The molecule has 1 aromatic carbocycles. The fourth-order valence-electron chi connectivity index (χ4n) is 6.31. The van der Waals surface area contributed by atoms with Gasteiger partial charge in [-0.05, 0) is 111 Å². The van der Waals surface area contributed by atoms with E-state index in [9.17, 15) is 0 Å². The van der Waals surface area contributed by atoms with E-state index in [2.05, 4.69) is 31.2 Å². The standard InChI is InChI=1S/C26H38O/c1-3-5-14-27-26-13-12-24-17-23(10-11-25(24)18-26)22-9-8-20-15-19(4-2)6-7-21(20)16-22/h3,5,12-13,18-23H,4,6-11,14-17H2,1-2H3/b5-3+. The van der Waals surface area contributed by atoms with Gasteiger partial charge >= 0.3 is 0 Å². The molecule has 148 valence electrons. The molecule has 1 nitrogen and oxygen atoms in total. The Balaban J connectivity index is 1.35. The van der Waals surface area contributed by atoms with Gasteiger partial charge < -0.3 is 4.74 Å². The molecule has 27 heavy (non-hydrogen) atoms. The van der Waals surface area contributed by atoms with Crippen molar-refractivity contribution in [2.24, 2.45) is 29.6 Å². The quantitative estimate of drug-likeness (QED) is 0.510. The first-order valence-corrected chi connectivity index (χ1v) is 11.6. The fraction of sp³-hybridized carbons (Fsp3) is 0.692. The van der Waals surface area contributed by atoms with E-state index in [1.165, 1.54) is 64.2 Å². The number of ether oxygens (including phenoxy) is 1. The van der Waals surface area contributed by atoms with Crippen molar-refractivity contribution in [3.8, 4) is 5.75 Å². The minimum absolute atomic E-state index is 0.682. The van der Waals surface area contributed by atoms with E-state index in [1.54, 1.807) is 11.1 Å². The number of rotatable bonds is 5. The van der Waals surface area contributed by atoms with Crippen molar-refractivity contribution in [2.45, 2.75) is 78.1 Å². The van der Waals surface area contributed by atoms with E-state index < -0.39 is 0 Å². The Labute approximate surface area is 166 Å². The third-order valence-corrected chi connectivity index (χ3v) is 8.03. The summed E-state index contributed by atoms with van der Waals surface area (Å²) in [4.78, 5) is 0. The van der Waals surface area contributed by atoms with Crippen molar-refractivity contribution in [1.82, 2.24) is 0 Å². The molecule has 0 radical (unpaired) electrons. The van der Waals surface area contributed by atoms with Gasteiger partial charge in [0.1, 0.15) is 12.4 Å². The van der Waals surface area contributed by atoms with Crippen LogP contribution in [0.3, 0.4) is 0 Å². The maximum absolute atomic E-state index is 5.85. The molecule has 0 spiro atoms. The number of hydrogen-bond acceptors (Lipinski definition) is 1. The lowest BCUT2D eigenvalue weighted by Gasteiger charge is -2.45. The van der Waals surface area contributed by atoms with Crippen LogP contribution in [0.2, 0.25) is 0 Å². The van der Waals surface area contributed by atoms with Gasteiger partial charge in [-0.25, -0.2) is 0 Å². The lowest BCUT2D eigenvalue weighted by molar-refractivity contribution is 0.0708. The van der Waals surface area contributed by atoms with E-state index in [-0.39, 0.29) is 0 Å². The zero-order valence-corrected chi connectivity index (χ0v) is 17.5. The highest BCUT2D eigenvalue weighted by atomic mass is 16.5. The van der Waals surface area contributed by atoms with Crippen LogP contribution in [0.5, 0.6) is 5.75 Å². The van der Waals surface area contributed by atoms with Crippen LogP contribution >= 0.6 is 0 Å². The largest absolute Gasteiger partial charge is 0.490 e. The van der Waals surface area contributed by atoms with Gasteiger partial charge in [0.2, 0.25) is 0 Å². The van der Waals surface area contributed by atoms with Crippen LogP contribution in [0, 0.1) is 29.6 Å². The van der Waals surface area contributed by atoms with Gasteiger partial charge in [-0.15, -0.1) is 0 Å². The van der Waals surface area contributed by atoms with Crippen molar-refractivity contribution in [3.63, 3.8) is 0 Å². The predicted octanol–water partition coefficient (Wildman–Crippen LogP) is 6.99. The second-order valence-corrected chi connectivity index (χ2v) is 9.49. The van der Waals surface area contributed by atoms with Crippen molar-refractivity contribution in [3.05, 3.63) is 41.5 Å². The summed E-state index contributed by atoms with van der Waals surface area (Å²) in [6.45, 7) is 5.12. The summed E-state index contributed by atoms with van der Waals surface area (Å²) in [5.74, 6) is 6.11. The van der Waals surface area contributed by atoms with Gasteiger partial charge in [0.05, 0.1) is 0 Å². The second-order valence-electron chi connectivity index (χ2n) is 9.49. The number of hydrogen-bond donors (Lipinski definition) is 0. The van der Waals surface area contributed by atoms with Gasteiger partial charge in [-0.2, -0.15) is 0 Å². The van der Waals surface area contributed by atoms with Crippen LogP contribution in [-0.2, 0) is 12.8 Å². The predicted molar refractivity (Wildman–Crippen MR) is 114 cm³/mol. The highest BCUT2D eigenvalue weighted by molar-refractivity contribution is 5.37. The topological polar surface area (TPSA) is 9.23 Å². The van der Waals surface area contributed by atoms with Gasteiger partial charge in [-0.1, -0.05) is 38.0 Å². The molecule has 5 atom stereocenters. The molecule has 2 fully saturated rings. The van der Waals surface area contributed by atoms with Gasteiger partial charge in [0, 0.05) is 0 Å². The van der Waals surface area contributed by atoms with Crippen molar-refractivity contribution < 1.29 is 4.74 Å². The zero-order valence-electron chi connectivity index (χ0n) is 17.5. The fourth-order valence-corrected chi connectivity index (χ4v) is 6.31. The molecule has 0 aromatic heterocycles. The lowest BCUT2D eigenvalue weighted by Crippen LogP contribution is -2.35. The Morgan fingerprint density at radius 2 is 1.70 bits per heavy atom. The van der Waals surface area contributed by atoms with E-state index in [0.717, 1.165) is 35.3 Å². The molecule has 0 N–H and O–H groups in total. The summed E-state index contributed by atoms with van der Waals surface area (Å²) >= 11 is 0. The summed E-state index contributed by atoms with van der Waals surface area (Å²) in [6, 6.07) is 6.84. The van der Waals surface area contributed by atoms with Crippen LogP contribution < -0.4 is 4.74 Å². The number of aryl methyl sites for hydroxylation is 1. The Kier molecular flexibility index (Phi) is 6.25. The zero-order chi connectivity index (χ0) is 18.6. The van der Waals surface area contributed by atoms with Crippen molar-refractivity contribution in [1.29, 1.82) is 0 Å². The molecule has 0 amide bonds. The highest BCUT2D eigenvalue weighted by Crippen LogP contribution is 2.48. The first-order valence-electron chi connectivity index (χ1n) is 11.6. The molecular formula is C26H38O. The van der Waals surface area contributed by atoms with Crippen LogP contribution in [0.1, 0.15) is 76.3 Å². The molecule has 4 rings (SSSR count). The Morgan fingerprint density at radius 1 is 0.926 bits per heavy atom. The number of fused-ring (bicyclic) bond motifs is 2. The molecule has 0 saturated heterocycles. The van der Waals surface area contributed by atoms with Crippen molar-refractivity contribution >= 4 is 0 Å². The molecule has 3 aliphatic carbocycles. The summed E-state index contributed by atoms with van der Waals surface area (Å²) in [7, 11) is 0. The molecule has 0 heterocycles. The number of benzene rings is 1. The highest BCUT2D eigenvalue weighted by Gasteiger charge is 2.38. The average molecular weight is 367 g/mol. The van der Waals surface area contributed by atoms with E-state index in [1.807, 2.05) is 13.0 Å². The van der Waals surface area contributed by atoms with Crippen LogP contribution in [0.15, 0.2) is 30.4 Å². The van der Waals surface area contributed by atoms with Crippen LogP contribution in [0.4, 0.5) is 0 Å². The van der Waals surface area contributed by atoms with Gasteiger partial charge in [-0.3, -0.25) is 0 Å². The normalized spacial score (nSPS) is 33.5. The summed E-state index contributed by atoms with van der Waals surface area (Å²) in [6.07, 6.45) is 18.6. The monoisotopic (exact) mass is 366 g/mol. The minimum atomic E-state index is 0.682. The molecule has 1 heteroatoms. The molecule has 1 aromatic rings. The number of allylic oxidation sites excluding steroid dienone is 1.